The number of carbonyl (C=O) groups excluding carboxylic acids is 1. The van der Waals surface area contributed by atoms with Crippen molar-refractivity contribution in [3.05, 3.63) is 52.4 Å². The predicted molar refractivity (Wildman–Crippen MR) is 124 cm³/mol. The lowest BCUT2D eigenvalue weighted by atomic mass is 9.86. The van der Waals surface area contributed by atoms with Gasteiger partial charge in [-0.2, -0.15) is 0 Å². The highest BCUT2D eigenvalue weighted by atomic mass is 16.5. The molecule has 2 bridgehead atoms. The molecule has 7 nitrogen and oxygen atoms in total. The minimum atomic E-state index is -0.376. The van der Waals surface area contributed by atoms with Crippen LogP contribution in [0.25, 0.3) is 11.1 Å². The number of pyridine rings is 1. The Bertz CT molecular complexity index is 1030. The fourth-order valence-electron chi connectivity index (χ4n) is 5.46. The first-order chi connectivity index (χ1) is 15.5. The van der Waals surface area contributed by atoms with E-state index in [1.807, 2.05) is 47.9 Å². The molecule has 0 aliphatic carbocycles. The second kappa shape index (κ2) is 9.46. The second-order valence-electron chi connectivity index (χ2n) is 8.73. The lowest BCUT2D eigenvalue weighted by Crippen LogP contribution is -2.47. The van der Waals surface area contributed by atoms with Crippen LogP contribution in [-0.2, 0) is 11.3 Å². The van der Waals surface area contributed by atoms with Gasteiger partial charge in [-0.05, 0) is 49.2 Å². The molecule has 32 heavy (non-hydrogen) atoms. The van der Waals surface area contributed by atoms with Crippen LogP contribution in [0, 0.1) is 11.8 Å². The zero-order chi connectivity index (χ0) is 22.8. The lowest BCUT2D eigenvalue weighted by molar-refractivity contribution is -0.127. The molecule has 172 valence electrons. The number of fused-ring (bicyclic) bond motifs is 4. The maximum Gasteiger partial charge on any atom is 0.258 e. The van der Waals surface area contributed by atoms with E-state index in [9.17, 15) is 14.7 Å². The van der Waals surface area contributed by atoms with Gasteiger partial charge in [0.1, 0.15) is 5.75 Å². The number of methoxy groups -OCH3 is 1. The van der Waals surface area contributed by atoms with Crippen molar-refractivity contribution >= 4 is 5.91 Å². The van der Waals surface area contributed by atoms with Gasteiger partial charge in [-0.1, -0.05) is 26.0 Å². The highest BCUT2D eigenvalue weighted by Gasteiger charge is 2.55. The molecule has 1 fully saturated rings. The number of benzene rings is 1. The Balaban J connectivity index is 1.80. The van der Waals surface area contributed by atoms with Crippen LogP contribution in [0.5, 0.6) is 5.75 Å². The van der Waals surface area contributed by atoms with Gasteiger partial charge in [0.15, 0.2) is 0 Å². The summed E-state index contributed by atoms with van der Waals surface area (Å²) in [5.74, 6) is 0.0889. The van der Waals surface area contributed by atoms with Crippen molar-refractivity contribution in [1.82, 2.24) is 14.8 Å². The number of aliphatic hydroxyl groups excluding tert-OH is 1. The fourth-order valence-corrected chi connectivity index (χ4v) is 5.46. The summed E-state index contributed by atoms with van der Waals surface area (Å²) in [6.45, 7) is 5.99. The van der Waals surface area contributed by atoms with E-state index >= 15 is 0 Å². The van der Waals surface area contributed by atoms with Crippen molar-refractivity contribution in [2.24, 2.45) is 11.8 Å². The maximum atomic E-state index is 13.6. The van der Waals surface area contributed by atoms with Crippen LogP contribution in [0.4, 0.5) is 0 Å². The van der Waals surface area contributed by atoms with E-state index in [1.54, 1.807) is 7.11 Å². The number of rotatable bonds is 8. The summed E-state index contributed by atoms with van der Waals surface area (Å²) in [4.78, 5) is 29.1. The molecular formula is C25H33N3O4. The van der Waals surface area contributed by atoms with Crippen molar-refractivity contribution in [3.8, 4) is 16.9 Å². The average molecular weight is 440 g/mol. The number of ether oxygens (including phenoxy) is 1. The summed E-state index contributed by atoms with van der Waals surface area (Å²) < 4.78 is 7.15. The van der Waals surface area contributed by atoms with E-state index in [-0.39, 0.29) is 42.0 Å². The molecule has 0 spiro atoms. The topological polar surface area (TPSA) is 83.8 Å². The molecule has 2 aliphatic rings. The number of nitrogens with zero attached hydrogens (tertiary/aromatic N) is 2. The molecule has 1 aromatic heterocycles. The lowest BCUT2D eigenvalue weighted by Gasteiger charge is -2.38. The van der Waals surface area contributed by atoms with E-state index in [0.717, 1.165) is 30.6 Å². The molecule has 0 saturated carbocycles. The molecule has 3 heterocycles. The normalized spacial score (nSPS) is 24.2. The molecule has 1 amide bonds. The van der Waals surface area contributed by atoms with Crippen molar-refractivity contribution in [1.29, 1.82) is 0 Å². The van der Waals surface area contributed by atoms with Gasteiger partial charge in [0, 0.05) is 42.9 Å². The Morgan fingerprint density at radius 2 is 2.03 bits per heavy atom. The third kappa shape index (κ3) is 3.73. The monoisotopic (exact) mass is 439 g/mol. The van der Waals surface area contributed by atoms with Gasteiger partial charge < -0.3 is 19.7 Å². The van der Waals surface area contributed by atoms with Crippen LogP contribution in [0.1, 0.15) is 38.4 Å². The van der Waals surface area contributed by atoms with Crippen molar-refractivity contribution in [3.63, 3.8) is 0 Å². The minimum Gasteiger partial charge on any atom is -0.497 e. The molecule has 4 rings (SSSR count). The number of carbonyl (C=O) groups is 1. The number of aromatic nitrogens is 1. The van der Waals surface area contributed by atoms with Gasteiger partial charge in [0.2, 0.25) is 5.91 Å². The van der Waals surface area contributed by atoms with Crippen LogP contribution in [-0.4, -0.2) is 53.3 Å². The Morgan fingerprint density at radius 3 is 2.72 bits per heavy atom. The van der Waals surface area contributed by atoms with Gasteiger partial charge in [-0.25, -0.2) is 0 Å². The van der Waals surface area contributed by atoms with E-state index < -0.39 is 0 Å². The molecule has 1 aromatic carbocycles. The third-order valence-electron chi connectivity index (χ3n) is 6.88. The number of hydrogen-bond acceptors (Lipinski definition) is 5. The first-order valence-electron chi connectivity index (χ1n) is 11.6. The Kier molecular flexibility index (Phi) is 6.67. The molecule has 0 radical (unpaired) electrons. The van der Waals surface area contributed by atoms with Crippen LogP contribution in [0.3, 0.4) is 0 Å². The summed E-state index contributed by atoms with van der Waals surface area (Å²) in [6, 6.07) is 11.1. The van der Waals surface area contributed by atoms with Crippen molar-refractivity contribution in [2.75, 3.05) is 26.8 Å². The largest absolute Gasteiger partial charge is 0.497 e. The van der Waals surface area contributed by atoms with Crippen molar-refractivity contribution < 1.29 is 14.6 Å². The maximum absolute atomic E-state index is 13.6. The molecule has 2 aliphatic heterocycles. The number of nitrogens with one attached hydrogen (secondary N) is 1. The number of hydrogen-bond donors (Lipinski definition) is 2. The Hall–Kier alpha value is -2.64. The molecule has 2 N–H and O–H groups in total. The molecule has 0 unspecified atom stereocenters. The van der Waals surface area contributed by atoms with Gasteiger partial charge in [-0.3, -0.25) is 14.5 Å². The highest BCUT2D eigenvalue weighted by molar-refractivity contribution is 5.80. The third-order valence-corrected chi connectivity index (χ3v) is 6.88. The smallest absolute Gasteiger partial charge is 0.258 e. The van der Waals surface area contributed by atoms with Crippen LogP contribution < -0.4 is 15.6 Å². The molecular weight excluding hydrogens is 406 g/mol. The number of amides is 1. The molecule has 2 aromatic rings. The summed E-state index contributed by atoms with van der Waals surface area (Å²) >= 11 is 0. The first kappa shape index (κ1) is 22.6. The summed E-state index contributed by atoms with van der Waals surface area (Å²) in [6.07, 6.45) is 1.80. The molecule has 7 heteroatoms. The minimum absolute atomic E-state index is 0.0303. The Morgan fingerprint density at radius 1 is 1.22 bits per heavy atom. The predicted octanol–water partition coefficient (Wildman–Crippen LogP) is 2.42. The van der Waals surface area contributed by atoms with Gasteiger partial charge >= 0.3 is 0 Å². The van der Waals surface area contributed by atoms with E-state index in [2.05, 4.69) is 17.1 Å². The zero-order valence-electron chi connectivity index (χ0n) is 19.1. The number of aliphatic hydroxyl groups is 1. The van der Waals surface area contributed by atoms with E-state index in [4.69, 9.17) is 4.74 Å². The van der Waals surface area contributed by atoms with Crippen LogP contribution in [0.2, 0.25) is 0 Å². The summed E-state index contributed by atoms with van der Waals surface area (Å²) in [5, 5.41) is 13.3. The summed E-state index contributed by atoms with van der Waals surface area (Å²) in [5.41, 5.74) is 2.22. The average Bonchev–Trinajstić information content (AvgIpc) is 3.02. The van der Waals surface area contributed by atoms with Gasteiger partial charge in [-0.15, -0.1) is 0 Å². The van der Waals surface area contributed by atoms with E-state index in [0.29, 0.717) is 24.4 Å². The highest BCUT2D eigenvalue weighted by Crippen LogP contribution is 2.48. The van der Waals surface area contributed by atoms with Crippen LogP contribution in [0.15, 0.2) is 41.2 Å². The van der Waals surface area contributed by atoms with Crippen LogP contribution >= 0.6 is 0 Å². The zero-order valence-corrected chi connectivity index (χ0v) is 19.1. The van der Waals surface area contributed by atoms with Gasteiger partial charge in [0.05, 0.1) is 19.1 Å². The molecule has 1 saturated heterocycles. The fraction of sp³-hybridized carbons (Fsp3) is 0.520. The Labute approximate surface area is 189 Å². The second-order valence-corrected chi connectivity index (χ2v) is 8.73. The first-order valence-corrected chi connectivity index (χ1v) is 11.6. The standard InChI is InChI=1S/C25H33N3O4/c1-4-11-26-24(30)22-19(15-29)21-14-28-20(23(22)27(21)12-5-2)10-9-18(25(28)31)16-7-6-8-17(13-16)32-3/h6-10,13,19,21-23,29H,4-5,11-12,14-15H2,1-3H3,(H,26,30)/t19-,21-,22+,23+/m0/s1. The van der Waals surface area contributed by atoms with Crippen molar-refractivity contribution in [2.45, 2.75) is 45.3 Å². The summed E-state index contributed by atoms with van der Waals surface area (Å²) in [7, 11) is 1.61. The SMILES string of the molecule is CCCNC(=O)[C@@H]1[C@@H](CO)[C@@H]2Cn3c(ccc(-c4cccc(OC)c4)c3=O)[C@H]1N2CCC. The van der Waals surface area contributed by atoms with E-state index in [1.165, 1.54) is 0 Å². The van der Waals surface area contributed by atoms with Gasteiger partial charge in [0.25, 0.3) is 5.56 Å². The molecule has 4 atom stereocenters. The quantitative estimate of drug-likeness (QED) is 0.660.